The van der Waals surface area contributed by atoms with E-state index in [0.29, 0.717) is 0 Å². The van der Waals surface area contributed by atoms with Crippen molar-refractivity contribution in [1.82, 2.24) is 4.90 Å². The largest absolute Gasteiger partial charge is 1.00 e. The van der Waals surface area contributed by atoms with Crippen LogP contribution in [0.4, 0.5) is 43.9 Å². The van der Waals surface area contributed by atoms with Crippen molar-refractivity contribution in [2.75, 3.05) is 0 Å². The Labute approximate surface area is 150 Å². The first-order chi connectivity index (χ1) is 8.52. The van der Waals surface area contributed by atoms with E-state index in [9.17, 15) is 53.8 Å². The van der Waals surface area contributed by atoms with Crippen LogP contribution in [0, 0.1) is 0 Å². The standard InChI is InChI=1S/C6HF10NO3.K/c7-2(8,1(18)19)17-3(9,10)5(13,14)20-6(15,16)4(17,11)12;/h(H,18,19);/q;+1/p-1. The molecular weight excluding hydrogens is 363 g/mol. The van der Waals surface area contributed by atoms with Crippen LogP contribution >= 0.6 is 0 Å². The summed E-state index contributed by atoms with van der Waals surface area (Å²) in [7, 11) is 0. The summed E-state index contributed by atoms with van der Waals surface area (Å²) in [5.74, 6) is -4.02. The minimum atomic E-state index is -6.78. The Hall–Kier alpha value is 0.326. The summed E-state index contributed by atoms with van der Waals surface area (Å²) < 4.78 is 128. The SMILES string of the molecule is O=C([O-])C(F)(F)N1C(F)(F)C(F)(F)OC(F)(F)C1(F)F.[K+]. The second kappa shape index (κ2) is 5.45. The summed E-state index contributed by atoms with van der Waals surface area (Å²) in [4.78, 5) is 6.37. The van der Waals surface area contributed by atoms with E-state index in [1.165, 1.54) is 0 Å². The zero-order chi connectivity index (χ0) is 16.4. The number of hydrogen-bond acceptors (Lipinski definition) is 4. The first kappa shape index (κ1) is 21.3. The predicted molar refractivity (Wildman–Crippen MR) is 32.7 cm³/mol. The van der Waals surface area contributed by atoms with Crippen LogP contribution in [0.25, 0.3) is 0 Å². The fourth-order valence-corrected chi connectivity index (χ4v) is 1.16. The number of morpholine rings is 1. The average molecular weight is 363 g/mol. The minimum Gasteiger partial charge on any atom is -0.543 e. The van der Waals surface area contributed by atoms with E-state index in [4.69, 9.17) is 0 Å². The van der Waals surface area contributed by atoms with E-state index in [-0.39, 0.29) is 51.4 Å². The molecule has 0 aliphatic carbocycles. The molecule has 0 aromatic carbocycles. The maximum Gasteiger partial charge on any atom is 1.00 e. The molecule has 0 unspecified atom stereocenters. The van der Waals surface area contributed by atoms with Gasteiger partial charge < -0.3 is 9.90 Å². The third kappa shape index (κ3) is 2.92. The number of halogens is 10. The molecule has 0 N–H and O–H groups in total. The van der Waals surface area contributed by atoms with Gasteiger partial charge in [0, 0.05) is 0 Å². The van der Waals surface area contributed by atoms with Crippen molar-refractivity contribution in [3.63, 3.8) is 0 Å². The smallest absolute Gasteiger partial charge is 0.543 e. The topological polar surface area (TPSA) is 52.6 Å². The maximum absolute atomic E-state index is 12.8. The summed E-state index contributed by atoms with van der Waals surface area (Å²) >= 11 is 0. The normalized spacial score (nSPS) is 26.8. The van der Waals surface area contributed by atoms with Gasteiger partial charge in [-0.05, 0) is 0 Å². The molecule has 0 saturated carbocycles. The number of carbonyl (C=O) groups excluding carboxylic acids is 1. The Morgan fingerprint density at radius 3 is 1.43 bits per heavy atom. The van der Waals surface area contributed by atoms with Crippen LogP contribution in [0.5, 0.6) is 0 Å². The van der Waals surface area contributed by atoms with Crippen LogP contribution in [0.15, 0.2) is 0 Å². The maximum atomic E-state index is 12.8. The molecule has 1 rings (SSSR count). The molecule has 1 saturated heterocycles. The molecule has 0 aromatic heterocycles. The Balaban J connectivity index is 0.00000400. The second-order valence-electron chi connectivity index (χ2n) is 3.38. The number of carboxylic acid groups (broad SMARTS) is 1. The van der Waals surface area contributed by atoms with Gasteiger partial charge in [-0.25, -0.2) is 4.74 Å². The van der Waals surface area contributed by atoms with Gasteiger partial charge in [0.25, 0.3) is 0 Å². The third-order valence-corrected chi connectivity index (χ3v) is 2.04. The zero-order valence-electron chi connectivity index (χ0n) is 9.45. The molecule has 1 fully saturated rings. The van der Waals surface area contributed by atoms with Crippen molar-refractivity contribution >= 4 is 5.97 Å². The van der Waals surface area contributed by atoms with Crippen LogP contribution < -0.4 is 56.5 Å². The molecule has 118 valence electrons. The first-order valence-corrected chi connectivity index (χ1v) is 4.13. The Bertz CT molecular complexity index is 415. The van der Waals surface area contributed by atoms with Gasteiger partial charge in [-0.2, -0.15) is 43.9 Å². The van der Waals surface area contributed by atoms with Crippen molar-refractivity contribution < 1.29 is 110 Å². The second-order valence-corrected chi connectivity index (χ2v) is 3.38. The molecular formula is C6F10KNO3. The van der Waals surface area contributed by atoms with Gasteiger partial charge in [0.1, 0.15) is 5.97 Å². The number of carboxylic acids is 1. The van der Waals surface area contributed by atoms with Crippen LogP contribution in [0.1, 0.15) is 0 Å². The molecule has 1 aliphatic rings. The van der Waals surface area contributed by atoms with E-state index in [1.54, 1.807) is 0 Å². The molecule has 0 aromatic rings. The molecule has 21 heavy (non-hydrogen) atoms. The van der Waals surface area contributed by atoms with Gasteiger partial charge in [0.15, 0.2) is 0 Å². The van der Waals surface area contributed by atoms with Gasteiger partial charge in [-0.1, -0.05) is 0 Å². The summed E-state index contributed by atoms with van der Waals surface area (Å²) in [5.41, 5.74) is 0. The first-order valence-electron chi connectivity index (χ1n) is 4.13. The number of aliphatic carboxylic acids is 1. The van der Waals surface area contributed by atoms with E-state index in [2.05, 4.69) is 0 Å². The summed E-state index contributed by atoms with van der Waals surface area (Å²) in [5, 5.41) is 9.82. The van der Waals surface area contributed by atoms with E-state index in [0.717, 1.165) is 0 Å². The quantitative estimate of drug-likeness (QED) is 0.325. The van der Waals surface area contributed by atoms with E-state index >= 15 is 0 Å². The van der Waals surface area contributed by atoms with Crippen LogP contribution in [-0.2, 0) is 9.53 Å². The van der Waals surface area contributed by atoms with Gasteiger partial charge in [0.05, 0.1) is 0 Å². The molecule has 0 radical (unpaired) electrons. The number of hydrogen-bond donors (Lipinski definition) is 0. The number of ether oxygens (including phenoxy) is 1. The van der Waals surface area contributed by atoms with Crippen molar-refractivity contribution in [3.8, 4) is 0 Å². The molecule has 4 nitrogen and oxygen atoms in total. The van der Waals surface area contributed by atoms with Crippen LogP contribution in [-0.4, -0.2) is 41.2 Å². The van der Waals surface area contributed by atoms with Crippen LogP contribution in [0.2, 0.25) is 0 Å². The minimum absolute atomic E-state index is 0. The Morgan fingerprint density at radius 1 is 0.905 bits per heavy atom. The zero-order valence-corrected chi connectivity index (χ0v) is 12.6. The molecule has 1 heterocycles. The number of rotatable bonds is 2. The Morgan fingerprint density at radius 2 is 1.19 bits per heavy atom. The molecule has 0 amide bonds. The fraction of sp³-hybridized carbons (Fsp3) is 0.833. The van der Waals surface area contributed by atoms with Crippen LogP contribution in [0.3, 0.4) is 0 Å². The predicted octanol–water partition coefficient (Wildman–Crippen LogP) is -1.96. The number of alkyl halides is 10. The van der Waals surface area contributed by atoms with Gasteiger partial charge in [-0.3, -0.25) is 0 Å². The Kier molecular flexibility index (Phi) is 5.53. The molecule has 0 bridgehead atoms. The monoisotopic (exact) mass is 363 g/mol. The average Bonchev–Trinajstić information content (AvgIpc) is 2.11. The molecule has 0 atom stereocenters. The van der Waals surface area contributed by atoms with Gasteiger partial charge >= 0.3 is 81.7 Å². The third-order valence-electron chi connectivity index (χ3n) is 2.04. The number of nitrogens with zero attached hydrogens (tertiary/aromatic N) is 1. The number of carbonyl (C=O) groups is 1. The fourth-order valence-electron chi connectivity index (χ4n) is 1.16. The van der Waals surface area contributed by atoms with Gasteiger partial charge in [0.2, 0.25) is 0 Å². The van der Waals surface area contributed by atoms with Crippen molar-refractivity contribution in [2.24, 2.45) is 0 Å². The van der Waals surface area contributed by atoms with Crippen molar-refractivity contribution in [3.05, 3.63) is 0 Å². The molecule has 1 aliphatic heterocycles. The van der Waals surface area contributed by atoms with E-state index in [1.807, 2.05) is 4.74 Å². The molecule has 0 spiro atoms. The van der Waals surface area contributed by atoms with E-state index < -0.39 is 41.2 Å². The molecule has 15 heteroatoms. The van der Waals surface area contributed by atoms with Crippen molar-refractivity contribution in [2.45, 2.75) is 30.4 Å². The van der Waals surface area contributed by atoms with Crippen molar-refractivity contribution in [1.29, 1.82) is 0 Å². The summed E-state index contributed by atoms with van der Waals surface area (Å²) in [6, 6.07) is -20.1. The summed E-state index contributed by atoms with van der Waals surface area (Å²) in [6.45, 7) is 0. The van der Waals surface area contributed by atoms with Gasteiger partial charge in [-0.15, -0.1) is 4.90 Å². The summed E-state index contributed by atoms with van der Waals surface area (Å²) in [6.07, 6.45) is -13.1.